The normalized spacial score (nSPS) is 29.6. The van der Waals surface area contributed by atoms with E-state index in [0.29, 0.717) is 6.61 Å². The van der Waals surface area contributed by atoms with Gasteiger partial charge in [0.25, 0.3) is 0 Å². The van der Waals surface area contributed by atoms with Gasteiger partial charge in [-0.25, -0.2) is 0 Å². The minimum Gasteiger partial charge on any atom is -0.477 e. The molecule has 0 aliphatic carbocycles. The summed E-state index contributed by atoms with van der Waals surface area (Å²) in [7, 11) is 0. The van der Waals surface area contributed by atoms with Crippen molar-refractivity contribution in [1.29, 1.82) is 0 Å². The number of rotatable bonds is 1. The monoisotopic (exact) mass is 138 g/mol. The molecule has 4 heteroatoms. The molecule has 2 heterocycles. The number of ether oxygens (including phenoxy) is 1. The summed E-state index contributed by atoms with van der Waals surface area (Å²) < 4.78 is 5.21. The molecule has 0 aromatic rings. The van der Waals surface area contributed by atoms with E-state index >= 15 is 0 Å². The molecule has 2 aliphatic rings. The van der Waals surface area contributed by atoms with Crippen molar-refractivity contribution in [2.45, 2.75) is 6.04 Å². The van der Waals surface area contributed by atoms with Crippen LogP contribution in [0.4, 0.5) is 0 Å². The Balaban J connectivity index is 2.04. The van der Waals surface area contributed by atoms with Crippen LogP contribution < -0.4 is 5.32 Å². The van der Waals surface area contributed by atoms with Crippen LogP contribution >= 0.6 is 0 Å². The predicted octanol–water partition coefficient (Wildman–Crippen LogP) is -0.708. The Labute approximate surface area is 59.0 Å². The van der Waals surface area contributed by atoms with Crippen molar-refractivity contribution >= 4 is 12.2 Å². The van der Waals surface area contributed by atoms with E-state index in [1.807, 2.05) is 0 Å². The zero-order valence-corrected chi connectivity index (χ0v) is 5.50. The molecule has 1 unspecified atom stereocenters. The van der Waals surface area contributed by atoms with E-state index in [2.05, 4.69) is 21.6 Å². The van der Waals surface area contributed by atoms with Gasteiger partial charge in [0.2, 0.25) is 5.90 Å². The van der Waals surface area contributed by atoms with E-state index in [1.165, 1.54) is 0 Å². The maximum absolute atomic E-state index is 5.21. The average Bonchev–Trinajstić information content (AvgIpc) is 2.59. The Morgan fingerprint density at radius 3 is 3.30 bits per heavy atom. The zero-order valence-electron chi connectivity index (χ0n) is 5.50. The van der Waals surface area contributed by atoms with Crippen LogP contribution in [0.5, 0.6) is 0 Å². The largest absolute Gasteiger partial charge is 0.477 e. The van der Waals surface area contributed by atoms with Gasteiger partial charge < -0.3 is 10.1 Å². The summed E-state index contributed by atoms with van der Waals surface area (Å²) in [6.07, 6.45) is 2.66. The molecule has 0 bridgehead atoms. The molecule has 1 atom stereocenters. The Bertz CT molecular complexity index is 187. The van der Waals surface area contributed by atoms with Gasteiger partial charge in [0.15, 0.2) is 6.34 Å². The maximum atomic E-state index is 5.21. The van der Waals surface area contributed by atoms with Crippen LogP contribution in [-0.2, 0) is 4.74 Å². The van der Waals surface area contributed by atoms with Gasteiger partial charge in [-0.15, -0.1) is 0 Å². The number of hydrogen-bond donors (Lipinski definition) is 1. The molecular weight excluding hydrogens is 130 g/mol. The fraction of sp³-hybridized carbons (Fsp3) is 0.667. The first-order chi connectivity index (χ1) is 4.97. The van der Waals surface area contributed by atoms with Gasteiger partial charge in [0.05, 0.1) is 6.54 Å². The molecule has 0 amide bonds. The Kier molecular flexibility index (Phi) is 1.30. The van der Waals surface area contributed by atoms with Gasteiger partial charge in [-0.05, 0) is 0 Å². The molecule has 53 valence electrons. The molecule has 1 N–H and O–H groups in total. The fourth-order valence-electron chi connectivity index (χ4n) is 1.01. The van der Waals surface area contributed by atoms with Gasteiger partial charge in [0.1, 0.15) is 12.6 Å². The zero-order chi connectivity index (χ0) is 6.81. The summed E-state index contributed by atoms with van der Waals surface area (Å²) in [5.41, 5.74) is 0. The topological polar surface area (TPSA) is 46.0 Å². The van der Waals surface area contributed by atoms with Gasteiger partial charge in [-0.3, -0.25) is 9.98 Å². The van der Waals surface area contributed by atoms with Gasteiger partial charge in [0, 0.05) is 6.54 Å². The van der Waals surface area contributed by atoms with Crippen LogP contribution in [0.25, 0.3) is 0 Å². The molecule has 10 heavy (non-hydrogen) atoms. The van der Waals surface area contributed by atoms with Crippen molar-refractivity contribution in [3.8, 4) is 0 Å². The second kappa shape index (κ2) is 2.28. The lowest BCUT2D eigenvalue weighted by Crippen LogP contribution is -2.24. The number of nitrogens with zero attached hydrogens (tertiary/aromatic N) is 2. The summed E-state index contributed by atoms with van der Waals surface area (Å²) in [5.74, 6) is 0.762. The smallest absolute Gasteiger partial charge is 0.210 e. The first-order valence-electron chi connectivity index (χ1n) is 3.31. The van der Waals surface area contributed by atoms with Crippen LogP contribution in [0.1, 0.15) is 0 Å². The first kappa shape index (κ1) is 5.70. The molecule has 0 aromatic heterocycles. The first-order valence-corrected chi connectivity index (χ1v) is 3.31. The van der Waals surface area contributed by atoms with Crippen molar-refractivity contribution in [3.63, 3.8) is 0 Å². The molecule has 0 saturated heterocycles. The highest BCUT2D eigenvalue weighted by Gasteiger charge is 2.21. The Morgan fingerprint density at radius 1 is 1.70 bits per heavy atom. The minimum atomic E-state index is 0.0856. The molecular formula is C6H8N3O. The van der Waals surface area contributed by atoms with E-state index < -0.39 is 0 Å². The van der Waals surface area contributed by atoms with Crippen molar-refractivity contribution in [1.82, 2.24) is 5.32 Å². The summed E-state index contributed by atoms with van der Waals surface area (Å²) in [6, 6.07) is 0.0856. The van der Waals surface area contributed by atoms with E-state index in [4.69, 9.17) is 4.74 Å². The Hall–Kier alpha value is -1.06. The standard InChI is InChI=1S/C6H8N3O/c1-2-10-6(8-1)5-3-7-4-9-5/h5H,1-3H2,(H,7,9). The lowest BCUT2D eigenvalue weighted by atomic mass is 10.3. The van der Waals surface area contributed by atoms with Crippen LogP contribution in [-0.4, -0.2) is 38.0 Å². The molecule has 4 nitrogen and oxygen atoms in total. The molecule has 0 fully saturated rings. The molecule has 0 saturated carbocycles. The Morgan fingerprint density at radius 2 is 2.70 bits per heavy atom. The summed E-state index contributed by atoms with van der Waals surface area (Å²) in [6.45, 7) is 2.27. The molecule has 1 radical (unpaired) electrons. The molecule has 0 spiro atoms. The van der Waals surface area contributed by atoms with E-state index in [-0.39, 0.29) is 6.04 Å². The second-order valence-corrected chi connectivity index (χ2v) is 2.21. The number of aliphatic imine (C=N–C) groups is 2. The lowest BCUT2D eigenvalue weighted by Gasteiger charge is -2.04. The number of hydrogen-bond acceptors (Lipinski definition) is 4. The summed E-state index contributed by atoms with van der Waals surface area (Å²) >= 11 is 0. The summed E-state index contributed by atoms with van der Waals surface area (Å²) in [4.78, 5) is 8.14. The third-order valence-electron chi connectivity index (χ3n) is 1.49. The van der Waals surface area contributed by atoms with E-state index in [9.17, 15) is 0 Å². The van der Waals surface area contributed by atoms with Crippen molar-refractivity contribution in [2.75, 3.05) is 19.7 Å². The van der Waals surface area contributed by atoms with E-state index in [0.717, 1.165) is 19.0 Å². The molecule has 2 rings (SSSR count). The lowest BCUT2D eigenvalue weighted by molar-refractivity contribution is 0.334. The highest BCUT2D eigenvalue weighted by molar-refractivity contribution is 5.86. The summed E-state index contributed by atoms with van der Waals surface area (Å²) in [5, 5.41) is 2.87. The van der Waals surface area contributed by atoms with Crippen molar-refractivity contribution in [2.24, 2.45) is 9.98 Å². The third kappa shape index (κ3) is 0.853. The van der Waals surface area contributed by atoms with E-state index in [1.54, 1.807) is 0 Å². The fourth-order valence-corrected chi connectivity index (χ4v) is 1.01. The quantitative estimate of drug-likeness (QED) is 0.520. The predicted molar refractivity (Wildman–Crippen MR) is 37.5 cm³/mol. The molecule has 2 aliphatic heterocycles. The average molecular weight is 138 g/mol. The third-order valence-corrected chi connectivity index (χ3v) is 1.49. The van der Waals surface area contributed by atoms with Crippen LogP contribution in [0.2, 0.25) is 0 Å². The number of nitrogens with one attached hydrogen (secondary N) is 1. The van der Waals surface area contributed by atoms with Crippen LogP contribution in [0.3, 0.4) is 0 Å². The molecule has 0 aromatic carbocycles. The minimum absolute atomic E-state index is 0.0856. The van der Waals surface area contributed by atoms with Crippen LogP contribution in [0.15, 0.2) is 9.98 Å². The van der Waals surface area contributed by atoms with Crippen molar-refractivity contribution in [3.05, 3.63) is 0 Å². The highest BCUT2D eigenvalue weighted by Crippen LogP contribution is 2.04. The highest BCUT2D eigenvalue weighted by atomic mass is 16.5. The van der Waals surface area contributed by atoms with Gasteiger partial charge >= 0.3 is 0 Å². The maximum Gasteiger partial charge on any atom is 0.210 e. The van der Waals surface area contributed by atoms with Crippen LogP contribution in [0, 0.1) is 0 Å². The van der Waals surface area contributed by atoms with Crippen molar-refractivity contribution < 1.29 is 4.74 Å². The SMILES string of the molecule is [C]1=NC(C2=NCCO2)CN1. The second-order valence-electron chi connectivity index (χ2n) is 2.21. The van der Waals surface area contributed by atoms with Gasteiger partial charge in [-0.1, -0.05) is 0 Å². The van der Waals surface area contributed by atoms with Gasteiger partial charge in [-0.2, -0.15) is 0 Å².